The van der Waals surface area contributed by atoms with Gasteiger partial charge in [0, 0.05) is 29.4 Å². The van der Waals surface area contributed by atoms with Crippen molar-refractivity contribution in [2.45, 2.75) is 19.4 Å². The first-order valence-electron chi connectivity index (χ1n) is 7.87. The van der Waals surface area contributed by atoms with Gasteiger partial charge in [-0.05, 0) is 36.8 Å². The molecule has 1 aliphatic rings. The third-order valence-electron chi connectivity index (χ3n) is 4.19. The van der Waals surface area contributed by atoms with Crippen molar-refractivity contribution in [2.75, 3.05) is 26.7 Å². The van der Waals surface area contributed by atoms with Crippen molar-refractivity contribution >= 4 is 17.2 Å². The summed E-state index contributed by atoms with van der Waals surface area (Å²) in [5.74, 6) is 1.04. The summed E-state index contributed by atoms with van der Waals surface area (Å²) >= 11 is 1.70. The molecule has 1 fully saturated rings. The monoisotopic (exact) mass is 330 g/mol. The maximum absolute atomic E-state index is 12.8. The highest BCUT2D eigenvalue weighted by Crippen LogP contribution is 2.26. The molecule has 2 heterocycles. The summed E-state index contributed by atoms with van der Waals surface area (Å²) in [5.41, 5.74) is 1.15. The maximum atomic E-state index is 12.8. The van der Waals surface area contributed by atoms with E-state index in [4.69, 9.17) is 4.74 Å². The Hall–Kier alpha value is -1.85. The zero-order valence-corrected chi connectivity index (χ0v) is 14.4. The standard InChI is InChI=1S/C18H22N2O2S/c1-13-3-8-16(23-13)11-18(21)20-10-9-19-12-17(20)14-4-6-15(22-2)7-5-14/h3-8,17,19H,9-12H2,1-2H3/t17-/m1/s1. The molecule has 4 nitrogen and oxygen atoms in total. The molecule has 0 unspecified atom stereocenters. The van der Waals surface area contributed by atoms with Crippen LogP contribution in [0, 0.1) is 6.92 Å². The Bertz CT molecular complexity index is 666. The number of nitrogens with one attached hydrogen (secondary N) is 1. The summed E-state index contributed by atoms with van der Waals surface area (Å²) in [6.45, 7) is 4.47. The highest BCUT2D eigenvalue weighted by molar-refractivity contribution is 7.12. The summed E-state index contributed by atoms with van der Waals surface area (Å²) in [5, 5.41) is 3.39. The first kappa shape index (κ1) is 16.0. The number of carbonyl (C=O) groups excluding carboxylic acids is 1. The molecule has 1 aliphatic heterocycles. The minimum absolute atomic E-state index is 0.0863. The second-order valence-corrected chi connectivity index (χ2v) is 7.14. The van der Waals surface area contributed by atoms with Gasteiger partial charge < -0.3 is 15.0 Å². The van der Waals surface area contributed by atoms with Gasteiger partial charge in [-0.3, -0.25) is 4.79 Å². The second-order valence-electron chi connectivity index (χ2n) is 5.77. The number of hydrogen-bond acceptors (Lipinski definition) is 4. The Kier molecular flexibility index (Phi) is 4.98. The van der Waals surface area contributed by atoms with Gasteiger partial charge in [-0.25, -0.2) is 0 Å². The Morgan fingerprint density at radius 1 is 1.30 bits per heavy atom. The van der Waals surface area contributed by atoms with Gasteiger partial charge in [-0.1, -0.05) is 12.1 Å². The van der Waals surface area contributed by atoms with Crippen LogP contribution in [0.25, 0.3) is 0 Å². The van der Waals surface area contributed by atoms with Crippen molar-refractivity contribution in [2.24, 2.45) is 0 Å². The van der Waals surface area contributed by atoms with Gasteiger partial charge in [-0.2, -0.15) is 0 Å². The molecule has 5 heteroatoms. The summed E-state index contributed by atoms with van der Waals surface area (Å²) in [6, 6.07) is 12.2. The lowest BCUT2D eigenvalue weighted by atomic mass is 10.0. The first-order valence-corrected chi connectivity index (χ1v) is 8.68. The van der Waals surface area contributed by atoms with E-state index < -0.39 is 0 Å². The predicted octanol–water partition coefficient (Wildman–Crippen LogP) is 2.78. The average molecular weight is 330 g/mol. The van der Waals surface area contributed by atoms with Gasteiger partial charge in [-0.15, -0.1) is 11.3 Å². The quantitative estimate of drug-likeness (QED) is 0.937. The van der Waals surface area contributed by atoms with Gasteiger partial charge in [0.1, 0.15) is 5.75 Å². The van der Waals surface area contributed by atoms with Crippen LogP contribution in [0.2, 0.25) is 0 Å². The van der Waals surface area contributed by atoms with Crippen LogP contribution >= 0.6 is 11.3 Å². The van der Waals surface area contributed by atoms with Gasteiger partial charge in [0.2, 0.25) is 5.91 Å². The number of piperazine rings is 1. The number of benzene rings is 1. The number of nitrogens with zero attached hydrogens (tertiary/aromatic N) is 1. The fourth-order valence-corrected chi connectivity index (χ4v) is 3.84. The predicted molar refractivity (Wildman–Crippen MR) is 93.1 cm³/mol. The van der Waals surface area contributed by atoms with Gasteiger partial charge in [0.25, 0.3) is 0 Å². The molecular formula is C18H22N2O2S. The topological polar surface area (TPSA) is 41.6 Å². The molecule has 23 heavy (non-hydrogen) atoms. The molecule has 1 N–H and O–H groups in total. The Balaban J connectivity index is 1.75. The van der Waals surface area contributed by atoms with Crippen molar-refractivity contribution < 1.29 is 9.53 Å². The van der Waals surface area contributed by atoms with Crippen molar-refractivity contribution in [3.8, 4) is 5.75 Å². The van der Waals surface area contributed by atoms with E-state index in [1.165, 1.54) is 4.88 Å². The number of rotatable bonds is 4. The van der Waals surface area contributed by atoms with E-state index in [0.29, 0.717) is 6.42 Å². The normalized spacial score (nSPS) is 18.0. The molecule has 0 spiro atoms. The molecule has 1 aromatic carbocycles. The summed E-state index contributed by atoms with van der Waals surface area (Å²) < 4.78 is 5.22. The summed E-state index contributed by atoms with van der Waals surface area (Å²) in [6.07, 6.45) is 0.491. The number of carbonyl (C=O) groups is 1. The van der Waals surface area contributed by atoms with Crippen LogP contribution in [0.3, 0.4) is 0 Å². The third kappa shape index (κ3) is 3.74. The number of thiophene rings is 1. The Morgan fingerprint density at radius 2 is 2.09 bits per heavy atom. The molecular weight excluding hydrogens is 308 g/mol. The molecule has 1 atom stereocenters. The summed E-state index contributed by atoms with van der Waals surface area (Å²) in [7, 11) is 1.66. The zero-order chi connectivity index (χ0) is 16.2. The molecule has 1 saturated heterocycles. The molecule has 0 saturated carbocycles. The van der Waals surface area contributed by atoms with Crippen molar-refractivity contribution in [1.82, 2.24) is 10.2 Å². The van der Waals surface area contributed by atoms with Crippen LogP contribution in [0.15, 0.2) is 36.4 Å². The Labute approximate surface area is 141 Å². The van der Waals surface area contributed by atoms with Gasteiger partial charge in [0.15, 0.2) is 0 Å². The lowest BCUT2D eigenvalue weighted by Crippen LogP contribution is -2.49. The minimum Gasteiger partial charge on any atom is -0.497 e. The molecule has 0 bridgehead atoms. The van der Waals surface area contributed by atoms with E-state index in [2.05, 4.69) is 24.4 Å². The van der Waals surface area contributed by atoms with E-state index >= 15 is 0 Å². The van der Waals surface area contributed by atoms with E-state index in [1.54, 1.807) is 18.4 Å². The highest BCUT2D eigenvalue weighted by Gasteiger charge is 2.27. The minimum atomic E-state index is 0.0863. The number of amides is 1. The largest absolute Gasteiger partial charge is 0.497 e. The van der Waals surface area contributed by atoms with Crippen LogP contribution < -0.4 is 10.1 Å². The lowest BCUT2D eigenvalue weighted by Gasteiger charge is -2.36. The molecule has 1 amide bonds. The molecule has 3 rings (SSSR count). The number of aryl methyl sites for hydroxylation is 1. The smallest absolute Gasteiger partial charge is 0.228 e. The third-order valence-corrected chi connectivity index (χ3v) is 5.19. The van der Waals surface area contributed by atoms with Crippen LogP contribution in [0.4, 0.5) is 0 Å². The zero-order valence-electron chi connectivity index (χ0n) is 13.5. The van der Waals surface area contributed by atoms with E-state index in [9.17, 15) is 4.79 Å². The Morgan fingerprint density at radius 3 is 2.74 bits per heavy atom. The second kappa shape index (κ2) is 7.15. The van der Waals surface area contributed by atoms with Crippen molar-refractivity contribution in [3.05, 3.63) is 51.7 Å². The van der Waals surface area contributed by atoms with Gasteiger partial charge in [0.05, 0.1) is 19.6 Å². The summed E-state index contributed by atoms with van der Waals surface area (Å²) in [4.78, 5) is 17.2. The van der Waals surface area contributed by atoms with Crippen molar-refractivity contribution in [3.63, 3.8) is 0 Å². The SMILES string of the molecule is COc1ccc([C@H]2CNCCN2C(=O)Cc2ccc(C)s2)cc1. The lowest BCUT2D eigenvalue weighted by molar-refractivity contribution is -0.133. The van der Waals surface area contributed by atoms with Crippen LogP contribution in [0.5, 0.6) is 5.75 Å². The van der Waals surface area contributed by atoms with E-state index in [-0.39, 0.29) is 11.9 Å². The number of methoxy groups -OCH3 is 1. The van der Waals surface area contributed by atoms with E-state index in [1.807, 2.05) is 29.2 Å². The van der Waals surface area contributed by atoms with Crippen LogP contribution in [-0.4, -0.2) is 37.6 Å². The molecule has 0 aliphatic carbocycles. The van der Waals surface area contributed by atoms with Crippen LogP contribution in [0.1, 0.15) is 21.4 Å². The molecule has 1 aromatic heterocycles. The first-order chi connectivity index (χ1) is 11.2. The van der Waals surface area contributed by atoms with Crippen LogP contribution in [-0.2, 0) is 11.2 Å². The maximum Gasteiger partial charge on any atom is 0.228 e. The number of hydrogen-bond donors (Lipinski definition) is 1. The van der Waals surface area contributed by atoms with Crippen molar-refractivity contribution in [1.29, 1.82) is 0 Å². The average Bonchev–Trinajstić information content (AvgIpc) is 3.00. The molecule has 0 radical (unpaired) electrons. The highest BCUT2D eigenvalue weighted by atomic mass is 32.1. The molecule has 2 aromatic rings. The molecule has 122 valence electrons. The van der Waals surface area contributed by atoms with E-state index in [0.717, 1.165) is 35.8 Å². The number of ether oxygens (including phenoxy) is 1. The fourth-order valence-electron chi connectivity index (χ4n) is 2.96. The fraction of sp³-hybridized carbons (Fsp3) is 0.389. The van der Waals surface area contributed by atoms with Gasteiger partial charge >= 0.3 is 0 Å².